The predicted molar refractivity (Wildman–Crippen MR) is 53.4 cm³/mol. The minimum absolute atomic E-state index is 0.268. The molecule has 0 saturated carbocycles. The van der Waals surface area contributed by atoms with Crippen molar-refractivity contribution in [2.24, 2.45) is 0 Å². The van der Waals surface area contributed by atoms with Crippen LogP contribution < -0.4 is 5.32 Å². The average Bonchev–Trinajstić information content (AvgIpc) is 2.02. The number of rotatable bonds is 4. The standard InChI is InChI=1S/C8H17NO3Si/c1-12-8(11)9-6-5-7(10)13(2,3)4/h5-6H2,1-4H3,(H,9,11). The first kappa shape index (κ1) is 12.2. The second-order valence-corrected chi connectivity index (χ2v) is 8.90. The van der Waals surface area contributed by atoms with Gasteiger partial charge >= 0.3 is 6.09 Å². The summed E-state index contributed by atoms with van der Waals surface area (Å²) in [6, 6.07) is 0. The van der Waals surface area contributed by atoms with E-state index in [-0.39, 0.29) is 5.41 Å². The Morgan fingerprint density at radius 3 is 2.23 bits per heavy atom. The summed E-state index contributed by atoms with van der Waals surface area (Å²) in [5, 5.41) is 2.74. The molecule has 0 spiro atoms. The lowest BCUT2D eigenvalue weighted by Gasteiger charge is -2.13. The molecule has 4 nitrogen and oxygen atoms in total. The molecular formula is C8H17NO3Si. The fraction of sp³-hybridized carbons (Fsp3) is 0.750. The Kier molecular flexibility index (Phi) is 4.69. The molecule has 5 heteroatoms. The molecule has 0 radical (unpaired) electrons. The highest BCUT2D eigenvalue weighted by Crippen LogP contribution is 2.04. The van der Waals surface area contributed by atoms with Crippen LogP contribution in [0.5, 0.6) is 0 Å². The molecule has 0 aliphatic rings. The highest BCUT2D eigenvalue weighted by Gasteiger charge is 2.23. The van der Waals surface area contributed by atoms with E-state index in [2.05, 4.69) is 10.1 Å². The highest BCUT2D eigenvalue weighted by atomic mass is 28.3. The van der Waals surface area contributed by atoms with Crippen LogP contribution in [0.2, 0.25) is 19.6 Å². The molecule has 1 amide bonds. The molecule has 0 atom stereocenters. The zero-order valence-electron chi connectivity index (χ0n) is 8.64. The van der Waals surface area contributed by atoms with Gasteiger partial charge in [0.2, 0.25) is 0 Å². The normalized spacial score (nSPS) is 10.8. The van der Waals surface area contributed by atoms with Crippen molar-refractivity contribution in [1.29, 1.82) is 0 Å². The van der Waals surface area contributed by atoms with Crippen molar-refractivity contribution in [3.8, 4) is 0 Å². The smallest absolute Gasteiger partial charge is 0.406 e. The number of carbonyl (C=O) groups is 2. The summed E-state index contributed by atoms with van der Waals surface area (Å²) in [5.41, 5.74) is 0. The van der Waals surface area contributed by atoms with Gasteiger partial charge in [-0.1, -0.05) is 19.6 Å². The van der Waals surface area contributed by atoms with Gasteiger partial charge in [0.1, 0.15) is 13.5 Å². The number of ether oxygens (including phenoxy) is 1. The molecule has 0 saturated heterocycles. The molecule has 0 aliphatic carbocycles. The number of hydrogen-bond donors (Lipinski definition) is 1. The Hall–Kier alpha value is -0.843. The molecule has 1 N–H and O–H groups in total. The molecule has 0 fully saturated rings. The summed E-state index contributed by atoms with van der Waals surface area (Å²) < 4.78 is 4.37. The summed E-state index contributed by atoms with van der Waals surface area (Å²) in [7, 11) is -0.373. The van der Waals surface area contributed by atoms with Crippen LogP contribution in [0, 0.1) is 0 Å². The van der Waals surface area contributed by atoms with Crippen molar-refractivity contribution in [2.75, 3.05) is 13.7 Å². The van der Waals surface area contributed by atoms with E-state index < -0.39 is 14.2 Å². The molecule has 0 rings (SSSR count). The maximum atomic E-state index is 11.4. The zero-order chi connectivity index (χ0) is 10.5. The van der Waals surface area contributed by atoms with Crippen LogP contribution in [0.25, 0.3) is 0 Å². The van der Waals surface area contributed by atoms with E-state index in [1.54, 1.807) is 0 Å². The minimum atomic E-state index is -1.67. The van der Waals surface area contributed by atoms with E-state index in [1.165, 1.54) is 7.11 Å². The number of alkyl carbamates (subject to hydrolysis) is 1. The molecule has 0 bridgehead atoms. The van der Waals surface area contributed by atoms with Gasteiger partial charge < -0.3 is 14.8 Å². The molecule has 0 aromatic heterocycles. The molecule has 0 aromatic carbocycles. The van der Waals surface area contributed by atoms with Gasteiger partial charge in [0.05, 0.1) is 7.11 Å². The first-order valence-corrected chi connectivity index (χ1v) is 7.73. The van der Waals surface area contributed by atoms with Crippen molar-refractivity contribution >= 4 is 19.6 Å². The van der Waals surface area contributed by atoms with E-state index in [9.17, 15) is 9.59 Å². The summed E-state index contributed by atoms with van der Waals surface area (Å²) in [6.07, 6.45) is -0.0754. The second-order valence-electron chi connectivity index (χ2n) is 3.84. The van der Waals surface area contributed by atoms with E-state index in [4.69, 9.17) is 0 Å². The summed E-state index contributed by atoms with van der Waals surface area (Å²) in [6.45, 7) is 6.35. The summed E-state index contributed by atoms with van der Waals surface area (Å²) >= 11 is 0. The number of nitrogens with one attached hydrogen (secondary N) is 1. The fourth-order valence-electron chi connectivity index (χ4n) is 0.725. The first-order valence-electron chi connectivity index (χ1n) is 4.23. The van der Waals surface area contributed by atoms with Crippen molar-refractivity contribution in [3.05, 3.63) is 0 Å². The SMILES string of the molecule is COC(=O)NCCC(=O)[Si](C)(C)C. The van der Waals surface area contributed by atoms with Crippen molar-refractivity contribution in [1.82, 2.24) is 5.32 Å². The Morgan fingerprint density at radius 2 is 1.85 bits per heavy atom. The Bertz CT molecular complexity index is 198. The zero-order valence-corrected chi connectivity index (χ0v) is 9.64. The van der Waals surface area contributed by atoms with E-state index >= 15 is 0 Å². The van der Waals surface area contributed by atoms with Gasteiger partial charge in [-0.15, -0.1) is 0 Å². The fourth-order valence-corrected chi connectivity index (χ4v) is 1.60. The third kappa shape index (κ3) is 5.40. The van der Waals surface area contributed by atoms with Crippen molar-refractivity contribution in [3.63, 3.8) is 0 Å². The molecular weight excluding hydrogens is 186 g/mol. The van der Waals surface area contributed by atoms with Crippen molar-refractivity contribution < 1.29 is 14.3 Å². The first-order chi connectivity index (χ1) is 5.88. The van der Waals surface area contributed by atoms with Gasteiger partial charge in [0, 0.05) is 13.0 Å². The van der Waals surface area contributed by atoms with Crippen LogP contribution in [-0.2, 0) is 9.53 Å². The monoisotopic (exact) mass is 203 g/mol. The quantitative estimate of drug-likeness (QED) is 0.698. The number of carbonyl (C=O) groups excluding carboxylic acids is 2. The van der Waals surface area contributed by atoms with Crippen LogP contribution in [0.4, 0.5) is 4.79 Å². The lowest BCUT2D eigenvalue weighted by atomic mass is 10.5. The van der Waals surface area contributed by atoms with E-state index in [0.29, 0.717) is 13.0 Å². The third-order valence-corrected chi connectivity index (χ3v) is 3.57. The minimum Gasteiger partial charge on any atom is -0.453 e. The average molecular weight is 203 g/mol. The second kappa shape index (κ2) is 5.01. The molecule has 13 heavy (non-hydrogen) atoms. The predicted octanol–water partition coefficient (Wildman–Crippen LogP) is 1.18. The van der Waals surface area contributed by atoms with Gasteiger partial charge in [0.25, 0.3) is 0 Å². The van der Waals surface area contributed by atoms with Gasteiger partial charge in [-0.05, 0) is 0 Å². The molecule has 0 aromatic rings. The van der Waals surface area contributed by atoms with E-state index in [1.807, 2.05) is 19.6 Å². The van der Waals surface area contributed by atoms with Gasteiger partial charge in [-0.25, -0.2) is 4.79 Å². The Morgan fingerprint density at radius 1 is 1.31 bits per heavy atom. The van der Waals surface area contributed by atoms with Crippen LogP contribution in [0.1, 0.15) is 6.42 Å². The van der Waals surface area contributed by atoms with Crippen LogP contribution in [0.3, 0.4) is 0 Å². The molecule has 0 heterocycles. The Balaban J connectivity index is 3.67. The molecule has 0 unspecified atom stereocenters. The highest BCUT2D eigenvalue weighted by molar-refractivity contribution is 7.03. The topological polar surface area (TPSA) is 55.4 Å². The summed E-state index contributed by atoms with van der Waals surface area (Å²) in [5.74, 6) is 0. The van der Waals surface area contributed by atoms with Gasteiger partial charge in [0.15, 0.2) is 0 Å². The van der Waals surface area contributed by atoms with Crippen molar-refractivity contribution in [2.45, 2.75) is 26.1 Å². The largest absolute Gasteiger partial charge is 0.453 e. The Labute approximate surface area is 79.7 Å². The van der Waals surface area contributed by atoms with Crippen LogP contribution in [-0.4, -0.2) is 33.2 Å². The number of methoxy groups -OCH3 is 1. The lowest BCUT2D eigenvalue weighted by molar-refractivity contribution is -0.112. The maximum Gasteiger partial charge on any atom is 0.406 e. The number of amides is 1. The van der Waals surface area contributed by atoms with E-state index in [0.717, 1.165) is 0 Å². The van der Waals surface area contributed by atoms with Crippen LogP contribution in [0.15, 0.2) is 0 Å². The maximum absolute atomic E-state index is 11.4. The third-order valence-electron chi connectivity index (χ3n) is 1.64. The van der Waals surface area contributed by atoms with Gasteiger partial charge in [-0.2, -0.15) is 0 Å². The van der Waals surface area contributed by atoms with Crippen LogP contribution >= 0.6 is 0 Å². The molecule has 76 valence electrons. The lowest BCUT2D eigenvalue weighted by Crippen LogP contribution is -2.36. The number of hydrogen-bond acceptors (Lipinski definition) is 3. The molecule has 0 aliphatic heterocycles. The summed E-state index contributed by atoms with van der Waals surface area (Å²) in [4.78, 5) is 22.0. The van der Waals surface area contributed by atoms with Gasteiger partial charge in [-0.3, -0.25) is 0 Å².